The van der Waals surface area contributed by atoms with E-state index in [1.165, 1.54) is 26.2 Å². The lowest BCUT2D eigenvalue weighted by Crippen LogP contribution is -2.40. The molecule has 10 heteroatoms. The highest BCUT2D eigenvalue weighted by Gasteiger charge is 2.33. The van der Waals surface area contributed by atoms with Crippen LogP contribution < -0.4 is 9.62 Å². The minimum absolute atomic E-state index is 0.00107. The van der Waals surface area contributed by atoms with Crippen molar-refractivity contribution in [3.63, 3.8) is 0 Å². The highest BCUT2D eigenvalue weighted by atomic mass is 32.3. The molecule has 32 heavy (non-hydrogen) atoms. The summed E-state index contributed by atoms with van der Waals surface area (Å²) in [6.45, 7) is 8.25. The number of aryl methyl sites for hydroxylation is 1. The molecule has 1 fully saturated rings. The van der Waals surface area contributed by atoms with Crippen LogP contribution >= 0.6 is 11.3 Å². The SMILES string of the molecule is CCC1(CC)CCN(c2c(C)cccc2NS(=O)(=O)c2ccc(S(=O)(=O)N(C)C)s2)CC1. The van der Waals surface area contributed by atoms with Crippen LogP contribution in [0.3, 0.4) is 0 Å². The second-order valence-corrected chi connectivity index (χ2v) is 14.0. The van der Waals surface area contributed by atoms with Gasteiger partial charge in [0.05, 0.1) is 11.4 Å². The van der Waals surface area contributed by atoms with Gasteiger partial charge in [0.1, 0.15) is 8.42 Å². The summed E-state index contributed by atoms with van der Waals surface area (Å²) < 4.78 is 54.7. The van der Waals surface area contributed by atoms with Gasteiger partial charge >= 0.3 is 0 Å². The maximum absolute atomic E-state index is 13.1. The lowest BCUT2D eigenvalue weighted by Gasteiger charge is -2.43. The van der Waals surface area contributed by atoms with Gasteiger partial charge in [-0.2, -0.15) is 0 Å². The van der Waals surface area contributed by atoms with Crippen molar-refractivity contribution in [1.82, 2.24) is 4.31 Å². The van der Waals surface area contributed by atoms with Gasteiger partial charge in [-0.15, -0.1) is 11.3 Å². The zero-order valence-corrected chi connectivity index (χ0v) is 21.8. The molecule has 1 aromatic carbocycles. The topological polar surface area (TPSA) is 86.8 Å². The summed E-state index contributed by atoms with van der Waals surface area (Å²) in [7, 11) is -4.77. The number of anilines is 2. The third kappa shape index (κ3) is 4.83. The molecule has 0 spiro atoms. The van der Waals surface area contributed by atoms with Crippen LogP contribution in [0.5, 0.6) is 0 Å². The zero-order valence-electron chi connectivity index (χ0n) is 19.4. The van der Waals surface area contributed by atoms with E-state index in [1.54, 1.807) is 6.07 Å². The molecule has 1 aromatic heterocycles. The fourth-order valence-electron chi connectivity index (χ4n) is 4.28. The Balaban J connectivity index is 1.89. The third-order valence-electron chi connectivity index (χ3n) is 6.68. The number of nitrogens with one attached hydrogen (secondary N) is 1. The summed E-state index contributed by atoms with van der Waals surface area (Å²) in [6.07, 6.45) is 4.47. The van der Waals surface area contributed by atoms with Gasteiger partial charge in [-0.3, -0.25) is 4.72 Å². The molecular formula is C22H33N3O4S3. The molecule has 0 bridgehead atoms. The van der Waals surface area contributed by atoms with Crippen molar-refractivity contribution in [2.45, 2.75) is 54.9 Å². The van der Waals surface area contributed by atoms with E-state index in [2.05, 4.69) is 23.5 Å². The Morgan fingerprint density at radius 2 is 1.59 bits per heavy atom. The Kier molecular flexibility index (Phi) is 7.29. The number of piperidine rings is 1. The van der Waals surface area contributed by atoms with Gasteiger partial charge in [0.2, 0.25) is 0 Å². The zero-order chi connectivity index (χ0) is 23.7. The van der Waals surface area contributed by atoms with Crippen LogP contribution in [-0.2, 0) is 20.0 Å². The number of para-hydroxylation sites is 1. The normalized spacial score (nSPS) is 17.0. The van der Waals surface area contributed by atoms with Crippen LogP contribution in [0.15, 0.2) is 38.8 Å². The van der Waals surface area contributed by atoms with Crippen LogP contribution in [0, 0.1) is 12.3 Å². The predicted molar refractivity (Wildman–Crippen MR) is 132 cm³/mol. The average molecular weight is 500 g/mol. The second kappa shape index (κ2) is 9.32. The van der Waals surface area contributed by atoms with Gasteiger partial charge in [0.25, 0.3) is 20.0 Å². The quantitative estimate of drug-likeness (QED) is 0.577. The van der Waals surface area contributed by atoms with Crippen molar-refractivity contribution in [1.29, 1.82) is 0 Å². The maximum Gasteiger partial charge on any atom is 0.271 e. The molecule has 0 radical (unpaired) electrons. The lowest BCUT2D eigenvalue weighted by molar-refractivity contribution is 0.199. The smallest absolute Gasteiger partial charge is 0.271 e. The van der Waals surface area contributed by atoms with Crippen LogP contribution in [-0.4, -0.2) is 48.3 Å². The minimum Gasteiger partial charge on any atom is -0.370 e. The molecule has 0 aliphatic carbocycles. The summed E-state index contributed by atoms with van der Waals surface area (Å²) in [6, 6.07) is 8.27. The number of nitrogens with zero attached hydrogens (tertiary/aromatic N) is 2. The highest BCUT2D eigenvalue weighted by Crippen LogP contribution is 2.42. The van der Waals surface area contributed by atoms with E-state index >= 15 is 0 Å². The van der Waals surface area contributed by atoms with E-state index in [0.717, 1.165) is 65.7 Å². The standard InChI is InChI=1S/C22H33N3O4S3/c1-6-22(7-2)13-15-25(16-14-22)21-17(3)9-8-10-18(21)23-31(26,27)19-11-12-20(30-19)32(28,29)24(4)5/h8-12,23H,6-7,13-16H2,1-5H3. The van der Waals surface area contributed by atoms with Crippen molar-refractivity contribution in [3.05, 3.63) is 35.9 Å². The Bertz CT molecular complexity index is 1160. The van der Waals surface area contributed by atoms with E-state index < -0.39 is 20.0 Å². The van der Waals surface area contributed by atoms with Crippen molar-refractivity contribution in [2.24, 2.45) is 5.41 Å². The molecule has 1 aliphatic rings. The van der Waals surface area contributed by atoms with Crippen molar-refractivity contribution in [2.75, 3.05) is 36.8 Å². The minimum atomic E-state index is -3.93. The van der Waals surface area contributed by atoms with Gasteiger partial charge in [-0.05, 0) is 48.9 Å². The fourth-order valence-corrected chi connectivity index (χ4v) is 8.29. The fraction of sp³-hybridized carbons (Fsp3) is 0.545. The first-order valence-corrected chi connectivity index (χ1v) is 14.6. The molecule has 0 saturated carbocycles. The number of hydrogen-bond donors (Lipinski definition) is 1. The predicted octanol–water partition coefficient (Wildman–Crippen LogP) is 4.51. The molecule has 0 unspecified atom stereocenters. The molecule has 178 valence electrons. The summed E-state index contributed by atoms with van der Waals surface area (Å²) in [5.74, 6) is 0. The molecular weight excluding hydrogens is 466 g/mol. The molecule has 1 aliphatic heterocycles. The monoisotopic (exact) mass is 499 g/mol. The first kappa shape index (κ1) is 25.0. The van der Waals surface area contributed by atoms with Gasteiger partial charge in [0, 0.05) is 27.2 Å². The van der Waals surface area contributed by atoms with Crippen molar-refractivity contribution < 1.29 is 16.8 Å². The Labute approximate surface area is 196 Å². The molecule has 1 saturated heterocycles. The van der Waals surface area contributed by atoms with Crippen LogP contribution in [0.4, 0.5) is 11.4 Å². The van der Waals surface area contributed by atoms with Gasteiger partial charge < -0.3 is 4.90 Å². The van der Waals surface area contributed by atoms with Gasteiger partial charge in [-0.25, -0.2) is 21.1 Å². The van der Waals surface area contributed by atoms with Crippen LogP contribution in [0.25, 0.3) is 0 Å². The Morgan fingerprint density at radius 1 is 1.00 bits per heavy atom. The van der Waals surface area contributed by atoms with Crippen LogP contribution in [0.2, 0.25) is 0 Å². The summed E-state index contributed by atoms with van der Waals surface area (Å²) in [4.78, 5) is 2.27. The van der Waals surface area contributed by atoms with Crippen LogP contribution in [0.1, 0.15) is 45.1 Å². The summed E-state index contributed by atoms with van der Waals surface area (Å²) in [5.41, 5.74) is 2.79. The largest absolute Gasteiger partial charge is 0.370 e. The lowest BCUT2D eigenvalue weighted by atomic mass is 9.74. The Morgan fingerprint density at radius 3 is 2.16 bits per heavy atom. The molecule has 0 atom stereocenters. The highest BCUT2D eigenvalue weighted by molar-refractivity contribution is 7.96. The van der Waals surface area contributed by atoms with E-state index in [4.69, 9.17) is 0 Å². The molecule has 2 aromatic rings. The second-order valence-electron chi connectivity index (χ2n) is 8.63. The molecule has 1 N–H and O–H groups in total. The van der Waals surface area contributed by atoms with E-state index in [0.29, 0.717) is 11.1 Å². The molecule has 2 heterocycles. The summed E-state index contributed by atoms with van der Waals surface area (Å²) in [5, 5.41) is 0. The maximum atomic E-state index is 13.1. The van der Waals surface area contributed by atoms with E-state index in [1.807, 2.05) is 19.1 Å². The first-order chi connectivity index (χ1) is 15.0. The van der Waals surface area contributed by atoms with E-state index in [9.17, 15) is 16.8 Å². The molecule has 0 amide bonds. The average Bonchev–Trinajstić information content (AvgIpc) is 3.26. The summed E-state index contributed by atoms with van der Waals surface area (Å²) >= 11 is 0.752. The molecule has 3 rings (SSSR count). The number of benzene rings is 1. The Hall–Kier alpha value is -1.62. The van der Waals surface area contributed by atoms with Gasteiger partial charge in [-0.1, -0.05) is 38.8 Å². The van der Waals surface area contributed by atoms with Crippen molar-refractivity contribution in [3.8, 4) is 0 Å². The van der Waals surface area contributed by atoms with E-state index in [-0.39, 0.29) is 8.42 Å². The molecule has 7 nitrogen and oxygen atoms in total. The van der Waals surface area contributed by atoms with Gasteiger partial charge in [0.15, 0.2) is 0 Å². The van der Waals surface area contributed by atoms with Crippen molar-refractivity contribution >= 4 is 42.8 Å². The number of thiophene rings is 1. The number of sulfonamides is 2. The third-order valence-corrected chi connectivity index (χ3v) is 11.9. The number of rotatable bonds is 8. The number of hydrogen-bond acceptors (Lipinski definition) is 6. The first-order valence-electron chi connectivity index (χ1n) is 10.9.